The molecule has 4 heteroatoms. The topological polar surface area (TPSA) is 12.5 Å². The highest BCUT2D eigenvalue weighted by Gasteiger charge is 2.49. The zero-order valence-corrected chi connectivity index (χ0v) is 23.2. The van der Waals surface area contributed by atoms with Gasteiger partial charge in [-0.15, -0.1) is 0 Å². The molecule has 2 aromatic carbocycles. The molecule has 1 saturated carbocycles. The fourth-order valence-electron chi connectivity index (χ4n) is 6.39. The van der Waals surface area contributed by atoms with Gasteiger partial charge >= 0.3 is 0 Å². The smallest absolute Gasteiger partial charge is 0.171 e. The molecule has 2 nitrogen and oxygen atoms in total. The van der Waals surface area contributed by atoms with Crippen molar-refractivity contribution in [3.8, 4) is 0 Å². The van der Waals surface area contributed by atoms with Gasteiger partial charge in [0, 0.05) is 22.4 Å². The predicted molar refractivity (Wildman–Crippen MR) is 144 cm³/mol. The summed E-state index contributed by atoms with van der Waals surface area (Å²) in [5, 5.41) is 0.834. The zero-order valence-electron chi connectivity index (χ0n) is 21.2. The van der Waals surface area contributed by atoms with E-state index in [1.165, 1.54) is 36.9 Å². The van der Waals surface area contributed by atoms with E-state index in [-0.39, 0.29) is 16.9 Å². The summed E-state index contributed by atoms with van der Waals surface area (Å²) < 4.78 is 6.87. The Labute approximate surface area is 208 Å². The van der Waals surface area contributed by atoms with Crippen molar-refractivity contribution in [2.75, 3.05) is 19.6 Å². The van der Waals surface area contributed by atoms with Crippen molar-refractivity contribution < 1.29 is 4.43 Å². The van der Waals surface area contributed by atoms with Crippen LogP contribution < -0.4 is 0 Å². The maximum Gasteiger partial charge on any atom is 0.171 e. The van der Waals surface area contributed by atoms with Crippen molar-refractivity contribution in [3.05, 3.63) is 70.7 Å². The summed E-state index contributed by atoms with van der Waals surface area (Å²) >= 11 is 6.19. The van der Waals surface area contributed by atoms with E-state index in [0.29, 0.717) is 5.41 Å². The zero-order chi connectivity index (χ0) is 23.7. The maximum atomic E-state index is 6.87. The summed E-state index contributed by atoms with van der Waals surface area (Å²) in [5.41, 5.74) is 3.44. The lowest BCUT2D eigenvalue weighted by Crippen LogP contribution is -2.57. The Morgan fingerprint density at radius 2 is 1.52 bits per heavy atom. The van der Waals surface area contributed by atoms with Gasteiger partial charge in [-0.05, 0) is 80.5 Å². The third-order valence-electron chi connectivity index (χ3n) is 8.09. The lowest BCUT2D eigenvalue weighted by molar-refractivity contribution is -0.0253. The van der Waals surface area contributed by atoms with E-state index in [1.54, 1.807) is 0 Å². The minimum absolute atomic E-state index is 0.0837. The average molecular weight is 484 g/mol. The van der Waals surface area contributed by atoms with E-state index in [0.717, 1.165) is 31.0 Å². The Hall–Kier alpha value is -1.13. The van der Waals surface area contributed by atoms with E-state index >= 15 is 0 Å². The molecule has 0 N–H and O–H groups in total. The average Bonchev–Trinajstić information content (AvgIpc) is 2.76. The Kier molecular flexibility index (Phi) is 7.46. The molecule has 1 saturated heterocycles. The highest BCUT2D eigenvalue weighted by Crippen LogP contribution is 2.49. The monoisotopic (exact) mass is 483 g/mol. The summed E-state index contributed by atoms with van der Waals surface area (Å²) in [5.74, 6) is 0. The van der Waals surface area contributed by atoms with Crippen molar-refractivity contribution in [1.82, 2.24) is 4.90 Å². The molecule has 1 heterocycles. The Morgan fingerprint density at radius 3 is 2.00 bits per heavy atom. The summed E-state index contributed by atoms with van der Waals surface area (Å²) in [7, 11) is -1.18. The fraction of sp³-hybridized carbons (Fsp3) is 0.586. The van der Waals surface area contributed by atoms with Crippen LogP contribution in [0, 0.1) is 5.41 Å². The highest BCUT2D eigenvalue weighted by atomic mass is 35.5. The maximum absolute atomic E-state index is 6.87. The molecule has 1 aliphatic heterocycles. The number of piperidine rings is 1. The molecule has 1 unspecified atom stereocenters. The molecular weight excluding hydrogens is 442 g/mol. The second kappa shape index (κ2) is 9.85. The quantitative estimate of drug-likeness (QED) is 0.385. The molecule has 180 valence electrons. The fourth-order valence-corrected chi connectivity index (χ4v) is 7.73. The number of benzene rings is 2. The van der Waals surface area contributed by atoms with Crippen LogP contribution in [0.2, 0.25) is 18.1 Å². The summed E-state index contributed by atoms with van der Waals surface area (Å²) in [6.07, 6.45) is 6.50. The third kappa shape index (κ3) is 5.27. The molecule has 2 aromatic rings. The number of nitrogens with zero attached hydrogens (tertiary/aromatic N) is 1. The Bertz CT molecular complexity index is 893. The summed E-state index contributed by atoms with van der Waals surface area (Å²) in [6, 6.07) is 19.9. The molecule has 1 atom stereocenters. The lowest BCUT2D eigenvalue weighted by Gasteiger charge is -2.54. The van der Waals surface area contributed by atoms with Crippen molar-refractivity contribution in [2.45, 2.75) is 82.9 Å². The first-order valence-corrected chi connectivity index (χ1v) is 16.0. The van der Waals surface area contributed by atoms with Crippen LogP contribution in [0.4, 0.5) is 0 Å². The first-order chi connectivity index (χ1) is 15.6. The van der Waals surface area contributed by atoms with Crippen LogP contribution in [0.15, 0.2) is 54.6 Å². The normalized spacial score (nSPS) is 21.5. The molecule has 0 amide bonds. The minimum atomic E-state index is -1.18. The van der Waals surface area contributed by atoms with Gasteiger partial charge in [-0.25, -0.2) is 0 Å². The van der Waals surface area contributed by atoms with Crippen LogP contribution in [-0.4, -0.2) is 39.7 Å². The van der Waals surface area contributed by atoms with Gasteiger partial charge in [0.2, 0.25) is 0 Å². The number of halogens is 1. The molecule has 0 radical (unpaired) electrons. The van der Waals surface area contributed by atoms with Gasteiger partial charge in [-0.1, -0.05) is 81.3 Å². The van der Waals surface area contributed by atoms with Gasteiger partial charge < -0.3 is 9.33 Å². The molecule has 2 aliphatic rings. The predicted octanol–water partition coefficient (Wildman–Crippen LogP) is 7.21. The number of likely N-dealkylation sites (tertiary alicyclic amines) is 1. The van der Waals surface area contributed by atoms with E-state index in [1.807, 2.05) is 0 Å². The second-order valence-corrected chi connectivity index (χ2v) is 14.7. The largest absolute Gasteiger partial charge is 0.416 e. The van der Waals surface area contributed by atoms with Crippen molar-refractivity contribution >= 4 is 20.6 Å². The second-order valence-electron chi connectivity index (χ2n) is 11.9. The lowest BCUT2D eigenvalue weighted by atomic mass is 9.61. The van der Waals surface area contributed by atoms with Crippen molar-refractivity contribution in [3.63, 3.8) is 0 Å². The number of hydrogen-bond donors (Lipinski definition) is 0. The van der Waals surface area contributed by atoms with E-state index < -0.39 is 9.04 Å². The van der Waals surface area contributed by atoms with Crippen LogP contribution in [0.25, 0.3) is 0 Å². The third-order valence-corrected chi connectivity index (χ3v) is 9.16. The molecular formula is C29H42ClNOSi. The molecule has 1 aliphatic carbocycles. The van der Waals surface area contributed by atoms with E-state index in [9.17, 15) is 0 Å². The van der Waals surface area contributed by atoms with Gasteiger partial charge in [0.05, 0.1) is 6.10 Å². The van der Waals surface area contributed by atoms with Crippen molar-refractivity contribution in [1.29, 1.82) is 0 Å². The van der Waals surface area contributed by atoms with Crippen LogP contribution in [0.3, 0.4) is 0 Å². The highest BCUT2D eigenvalue weighted by molar-refractivity contribution is 6.48. The van der Waals surface area contributed by atoms with Gasteiger partial charge in [0.25, 0.3) is 0 Å². The molecule has 0 aromatic heterocycles. The molecule has 0 bridgehead atoms. The summed E-state index contributed by atoms with van der Waals surface area (Å²) in [6.45, 7) is 15.2. The first-order valence-electron chi connectivity index (χ1n) is 12.8. The molecule has 33 heavy (non-hydrogen) atoms. The minimum Gasteiger partial charge on any atom is -0.416 e. The van der Waals surface area contributed by atoms with Gasteiger partial charge in [0.15, 0.2) is 9.04 Å². The number of hydrogen-bond acceptors (Lipinski definition) is 2. The van der Waals surface area contributed by atoms with Crippen molar-refractivity contribution in [2.24, 2.45) is 5.41 Å². The van der Waals surface area contributed by atoms with Crippen LogP contribution in [0.5, 0.6) is 0 Å². The van der Waals surface area contributed by atoms with Gasteiger partial charge in [-0.2, -0.15) is 0 Å². The SMILES string of the molecule is C[SiH](C)OC(C(C)(C)C)C1(c2ccccc2)CCN(CC2(c3ccc(Cl)cc3)CCC2)CC1. The Morgan fingerprint density at radius 1 is 0.909 bits per heavy atom. The van der Waals surface area contributed by atoms with E-state index in [2.05, 4.69) is 93.4 Å². The Balaban J connectivity index is 1.57. The number of rotatable bonds is 7. The van der Waals surface area contributed by atoms with E-state index in [4.69, 9.17) is 16.0 Å². The molecule has 0 spiro atoms. The van der Waals surface area contributed by atoms with Crippen LogP contribution >= 0.6 is 11.6 Å². The molecule has 4 rings (SSSR count). The first kappa shape index (κ1) is 25.0. The van der Waals surface area contributed by atoms with Gasteiger partial charge in [-0.3, -0.25) is 0 Å². The van der Waals surface area contributed by atoms with Crippen LogP contribution in [-0.2, 0) is 15.3 Å². The van der Waals surface area contributed by atoms with Crippen LogP contribution in [0.1, 0.15) is 64.0 Å². The molecule has 2 fully saturated rings. The summed E-state index contributed by atoms with van der Waals surface area (Å²) in [4.78, 5) is 2.74. The van der Waals surface area contributed by atoms with Gasteiger partial charge in [0.1, 0.15) is 0 Å². The standard InChI is InChI=1S/C29H42ClNOSi/c1-27(2,3)26(32-33(4)5)29(24-10-7-6-8-11-24)18-20-31(21-19-29)22-28(16-9-17-28)23-12-14-25(30)15-13-23/h6-8,10-15,26,33H,9,16-22H2,1-5H3.